The molecular formula is C25H19ClF2N2O2. The number of aryl methyl sites for hydroxylation is 2. The highest BCUT2D eigenvalue weighted by Crippen LogP contribution is 2.36. The van der Waals surface area contributed by atoms with Crippen molar-refractivity contribution in [3.63, 3.8) is 0 Å². The van der Waals surface area contributed by atoms with Crippen LogP contribution in [0.4, 0.5) is 20.2 Å². The van der Waals surface area contributed by atoms with E-state index in [-0.39, 0.29) is 17.0 Å². The Kier molecular flexibility index (Phi) is 5.57. The molecule has 1 heterocycles. The van der Waals surface area contributed by atoms with Gasteiger partial charge in [0.1, 0.15) is 17.3 Å². The van der Waals surface area contributed by atoms with E-state index in [1.165, 1.54) is 0 Å². The van der Waals surface area contributed by atoms with Crippen LogP contribution in [0.1, 0.15) is 22.3 Å². The van der Waals surface area contributed by atoms with Gasteiger partial charge in [-0.05, 0) is 67.3 Å². The smallest absolute Gasteiger partial charge is 0.282 e. The maximum atomic E-state index is 14.5. The van der Waals surface area contributed by atoms with Gasteiger partial charge in [0, 0.05) is 16.8 Å². The highest BCUT2D eigenvalue weighted by Gasteiger charge is 2.41. The molecule has 0 fully saturated rings. The molecule has 0 saturated carbocycles. The van der Waals surface area contributed by atoms with Crippen molar-refractivity contribution in [2.24, 2.45) is 0 Å². The van der Waals surface area contributed by atoms with Gasteiger partial charge in [-0.1, -0.05) is 35.9 Å². The molecule has 0 unspecified atom stereocenters. The van der Waals surface area contributed by atoms with Crippen LogP contribution in [-0.4, -0.2) is 11.8 Å². The lowest BCUT2D eigenvalue weighted by Gasteiger charge is -2.16. The van der Waals surface area contributed by atoms with E-state index in [1.807, 2.05) is 19.9 Å². The normalized spacial score (nSPS) is 13.9. The van der Waals surface area contributed by atoms with Crippen molar-refractivity contribution < 1.29 is 18.4 Å². The van der Waals surface area contributed by atoms with Gasteiger partial charge < -0.3 is 5.32 Å². The van der Waals surface area contributed by atoms with E-state index >= 15 is 0 Å². The van der Waals surface area contributed by atoms with Gasteiger partial charge in [-0.15, -0.1) is 0 Å². The van der Waals surface area contributed by atoms with E-state index in [1.54, 1.807) is 37.3 Å². The van der Waals surface area contributed by atoms with Crippen molar-refractivity contribution in [1.82, 2.24) is 0 Å². The number of imide groups is 1. The molecule has 2 amide bonds. The number of nitrogens with zero attached hydrogens (tertiary/aromatic N) is 1. The molecule has 32 heavy (non-hydrogen) atoms. The summed E-state index contributed by atoms with van der Waals surface area (Å²) in [6, 6.07) is 13.2. The number of nitrogens with one attached hydrogen (secondary N) is 1. The summed E-state index contributed by atoms with van der Waals surface area (Å²) in [7, 11) is 0. The third-order valence-electron chi connectivity index (χ3n) is 5.56. The Morgan fingerprint density at radius 1 is 0.875 bits per heavy atom. The van der Waals surface area contributed by atoms with E-state index in [2.05, 4.69) is 5.32 Å². The van der Waals surface area contributed by atoms with Gasteiger partial charge in [-0.2, -0.15) is 0 Å². The summed E-state index contributed by atoms with van der Waals surface area (Å²) in [5.41, 5.74) is 3.46. The molecule has 0 radical (unpaired) electrons. The van der Waals surface area contributed by atoms with Gasteiger partial charge in [0.15, 0.2) is 0 Å². The lowest BCUT2D eigenvalue weighted by molar-refractivity contribution is -0.120. The number of halogens is 3. The Morgan fingerprint density at radius 3 is 2.31 bits per heavy atom. The maximum Gasteiger partial charge on any atom is 0.282 e. The number of hydrogen-bond acceptors (Lipinski definition) is 3. The second-order valence-electron chi connectivity index (χ2n) is 7.63. The second-order valence-corrected chi connectivity index (χ2v) is 8.04. The van der Waals surface area contributed by atoms with Gasteiger partial charge in [0.05, 0.1) is 11.3 Å². The minimum atomic E-state index is -1.01. The Bertz CT molecular complexity index is 1320. The van der Waals surface area contributed by atoms with Crippen LogP contribution in [-0.2, 0) is 9.59 Å². The lowest BCUT2D eigenvalue weighted by atomic mass is 9.99. The van der Waals surface area contributed by atoms with Gasteiger partial charge >= 0.3 is 0 Å². The predicted octanol–water partition coefficient (Wildman–Crippen LogP) is 5.94. The van der Waals surface area contributed by atoms with Crippen LogP contribution in [0.25, 0.3) is 5.57 Å². The van der Waals surface area contributed by atoms with Crippen LogP contribution in [0.2, 0.25) is 5.02 Å². The predicted molar refractivity (Wildman–Crippen MR) is 121 cm³/mol. The van der Waals surface area contributed by atoms with Crippen LogP contribution in [0.15, 0.2) is 60.3 Å². The van der Waals surface area contributed by atoms with Crippen molar-refractivity contribution >= 4 is 40.4 Å². The van der Waals surface area contributed by atoms with Crippen LogP contribution in [0, 0.1) is 32.4 Å². The molecule has 0 aromatic heterocycles. The molecule has 0 spiro atoms. The number of carbonyl (C=O) groups is 2. The van der Waals surface area contributed by atoms with Gasteiger partial charge in [-0.3, -0.25) is 9.59 Å². The second kappa shape index (κ2) is 8.20. The first-order valence-corrected chi connectivity index (χ1v) is 10.2. The maximum absolute atomic E-state index is 14.5. The molecule has 4 rings (SSSR count). The van der Waals surface area contributed by atoms with Crippen molar-refractivity contribution in [2.45, 2.75) is 20.8 Å². The van der Waals surface area contributed by atoms with Gasteiger partial charge in [0.25, 0.3) is 11.8 Å². The molecule has 0 saturated heterocycles. The molecule has 0 bridgehead atoms. The molecule has 0 aliphatic carbocycles. The molecule has 3 aromatic rings. The number of anilines is 2. The molecule has 3 aromatic carbocycles. The highest BCUT2D eigenvalue weighted by atomic mass is 35.5. The van der Waals surface area contributed by atoms with Crippen LogP contribution in [0.5, 0.6) is 0 Å². The monoisotopic (exact) mass is 452 g/mol. The van der Waals surface area contributed by atoms with Gasteiger partial charge in [-0.25, -0.2) is 13.7 Å². The number of rotatable bonds is 4. The molecule has 1 N–H and O–H groups in total. The summed E-state index contributed by atoms with van der Waals surface area (Å²) >= 11 is 6.21. The van der Waals surface area contributed by atoms with E-state index in [0.717, 1.165) is 28.2 Å². The Balaban J connectivity index is 1.89. The number of carbonyl (C=O) groups excluding carboxylic acids is 2. The molecule has 0 atom stereocenters. The SMILES string of the molecule is Cc1ccc(C2=C(Nc3cccc(Cl)c3C)C(=O)N(c3ccc(F)cc3F)C2=O)cc1C. The number of hydrogen-bond donors (Lipinski definition) is 1. The first-order valence-electron chi connectivity index (χ1n) is 9.87. The summed E-state index contributed by atoms with van der Waals surface area (Å²) < 4.78 is 28.0. The fraction of sp³-hybridized carbons (Fsp3) is 0.120. The molecule has 4 nitrogen and oxygen atoms in total. The van der Waals surface area contributed by atoms with E-state index in [0.29, 0.717) is 27.9 Å². The number of amides is 2. The first-order chi connectivity index (χ1) is 15.2. The zero-order valence-electron chi connectivity index (χ0n) is 17.6. The zero-order valence-corrected chi connectivity index (χ0v) is 18.3. The lowest BCUT2D eigenvalue weighted by Crippen LogP contribution is -2.33. The van der Waals surface area contributed by atoms with Crippen molar-refractivity contribution in [3.05, 3.63) is 99.2 Å². The van der Waals surface area contributed by atoms with Gasteiger partial charge in [0.2, 0.25) is 0 Å². The third kappa shape index (κ3) is 3.67. The largest absolute Gasteiger partial charge is 0.350 e. The summed E-state index contributed by atoms with van der Waals surface area (Å²) in [6.07, 6.45) is 0. The third-order valence-corrected chi connectivity index (χ3v) is 5.97. The molecule has 1 aliphatic heterocycles. The average molecular weight is 453 g/mol. The summed E-state index contributed by atoms with van der Waals surface area (Å²) in [5.74, 6) is -3.26. The molecule has 162 valence electrons. The Morgan fingerprint density at radius 2 is 1.62 bits per heavy atom. The Labute approximate surface area is 189 Å². The van der Waals surface area contributed by atoms with E-state index in [4.69, 9.17) is 11.6 Å². The minimum Gasteiger partial charge on any atom is -0.350 e. The van der Waals surface area contributed by atoms with Crippen LogP contribution in [0.3, 0.4) is 0 Å². The fourth-order valence-electron chi connectivity index (χ4n) is 3.57. The molecule has 7 heteroatoms. The number of benzene rings is 3. The zero-order chi connectivity index (χ0) is 23.2. The summed E-state index contributed by atoms with van der Waals surface area (Å²) in [4.78, 5) is 27.5. The van der Waals surface area contributed by atoms with Crippen LogP contribution < -0.4 is 10.2 Å². The van der Waals surface area contributed by atoms with Crippen molar-refractivity contribution in [3.8, 4) is 0 Å². The summed E-state index contributed by atoms with van der Waals surface area (Å²) in [6.45, 7) is 5.61. The average Bonchev–Trinajstić information content (AvgIpc) is 2.98. The van der Waals surface area contributed by atoms with E-state index < -0.39 is 23.4 Å². The first kappa shape index (κ1) is 21.7. The van der Waals surface area contributed by atoms with Crippen molar-refractivity contribution in [2.75, 3.05) is 10.2 Å². The summed E-state index contributed by atoms with van der Waals surface area (Å²) in [5, 5.41) is 3.52. The van der Waals surface area contributed by atoms with Crippen LogP contribution >= 0.6 is 11.6 Å². The molecule has 1 aliphatic rings. The Hall–Kier alpha value is -3.51. The fourth-order valence-corrected chi connectivity index (χ4v) is 3.74. The van der Waals surface area contributed by atoms with Crippen molar-refractivity contribution in [1.29, 1.82) is 0 Å². The minimum absolute atomic E-state index is 0.00709. The quantitative estimate of drug-likeness (QED) is 0.498. The van der Waals surface area contributed by atoms with E-state index in [9.17, 15) is 18.4 Å². The molecular weight excluding hydrogens is 434 g/mol. The topological polar surface area (TPSA) is 49.4 Å². The highest BCUT2D eigenvalue weighted by molar-refractivity contribution is 6.46. The standard InChI is InChI=1S/C25H19ClF2N2O2/c1-13-7-8-16(11-14(13)2)22-23(29-20-6-4-5-18(26)15(20)3)25(32)30(24(22)31)21-10-9-17(27)12-19(21)28/h4-12,29H,1-3H3.